The van der Waals surface area contributed by atoms with Gasteiger partial charge in [0.2, 0.25) is 5.91 Å². The smallest absolute Gasteiger partial charge is 0.238 e. The van der Waals surface area contributed by atoms with Gasteiger partial charge in [0.25, 0.3) is 0 Å². The summed E-state index contributed by atoms with van der Waals surface area (Å²) in [6, 6.07) is 6.70. The Bertz CT molecular complexity index is 458. The molecule has 2 rings (SSSR count). The van der Waals surface area contributed by atoms with E-state index in [9.17, 15) is 4.79 Å². The lowest BCUT2D eigenvalue weighted by molar-refractivity contribution is -0.118. The molecule has 0 spiro atoms. The Labute approximate surface area is 128 Å². The molecule has 0 aliphatic heterocycles. The predicted octanol–water partition coefficient (Wildman–Crippen LogP) is 3.90. The quantitative estimate of drug-likeness (QED) is 0.891. The second-order valence-electron chi connectivity index (χ2n) is 6.17. The zero-order chi connectivity index (χ0) is 15.2. The lowest BCUT2D eigenvalue weighted by atomic mass is 9.94. The topological polar surface area (TPSA) is 32.3 Å². The summed E-state index contributed by atoms with van der Waals surface area (Å²) in [7, 11) is 0. The molecule has 0 aromatic heterocycles. The van der Waals surface area contributed by atoms with Crippen molar-refractivity contribution in [1.29, 1.82) is 0 Å². The summed E-state index contributed by atoms with van der Waals surface area (Å²) in [4.78, 5) is 14.7. The van der Waals surface area contributed by atoms with Gasteiger partial charge in [-0.1, -0.05) is 44.4 Å². The maximum absolute atomic E-state index is 12.4. The first-order chi connectivity index (χ1) is 10.1. The van der Waals surface area contributed by atoms with E-state index in [0.717, 1.165) is 23.4 Å². The molecule has 0 saturated heterocycles. The van der Waals surface area contributed by atoms with Gasteiger partial charge >= 0.3 is 0 Å². The number of likely N-dealkylation sites (N-methyl/N-ethyl adjacent to an activating group) is 1. The first kappa shape index (κ1) is 16.0. The Kier molecular flexibility index (Phi) is 5.80. The van der Waals surface area contributed by atoms with Crippen molar-refractivity contribution >= 4 is 11.6 Å². The fraction of sp³-hybridized carbons (Fsp3) is 0.611. The Hall–Kier alpha value is -1.35. The number of nitrogens with zero attached hydrogens (tertiary/aromatic N) is 1. The molecular weight excluding hydrogens is 260 g/mol. The maximum Gasteiger partial charge on any atom is 0.238 e. The number of hydrogen-bond donors (Lipinski definition) is 1. The summed E-state index contributed by atoms with van der Waals surface area (Å²) in [5.41, 5.74) is 3.23. The first-order valence-corrected chi connectivity index (χ1v) is 8.22. The normalized spacial score (nSPS) is 16.2. The molecule has 0 radical (unpaired) electrons. The summed E-state index contributed by atoms with van der Waals surface area (Å²) in [5.74, 6) is 0.111. The number of nitrogens with one attached hydrogen (secondary N) is 1. The highest BCUT2D eigenvalue weighted by atomic mass is 16.2. The Balaban J connectivity index is 1.96. The summed E-state index contributed by atoms with van der Waals surface area (Å²) < 4.78 is 0. The van der Waals surface area contributed by atoms with Crippen LogP contribution in [0.15, 0.2) is 18.2 Å². The number of anilines is 1. The highest BCUT2D eigenvalue weighted by Gasteiger charge is 2.22. The third-order valence-corrected chi connectivity index (χ3v) is 4.59. The van der Waals surface area contributed by atoms with Gasteiger partial charge in [-0.2, -0.15) is 0 Å². The summed E-state index contributed by atoms with van der Waals surface area (Å²) in [5, 5.41) is 3.10. The van der Waals surface area contributed by atoms with Crippen LogP contribution in [0.1, 0.15) is 50.2 Å². The minimum Gasteiger partial charge on any atom is -0.324 e. The van der Waals surface area contributed by atoms with Crippen molar-refractivity contribution in [3.05, 3.63) is 29.3 Å². The molecule has 0 bridgehead atoms. The van der Waals surface area contributed by atoms with Crippen LogP contribution in [0.4, 0.5) is 5.69 Å². The second kappa shape index (κ2) is 7.60. The molecule has 0 atom stereocenters. The molecule has 1 aromatic carbocycles. The lowest BCUT2D eigenvalue weighted by Crippen LogP contribution is -2.41. The van der Waals surface area contributed by atoms with E-state index in [0.29, 0.717) is 12.6 Å². The zero-order valence-corrected chi connectivity index (χ0v) is 13.6. The maximum atomic E-state index is 12.4. The third kappa shape index (κ3) is 4.31. The molecule has 1 aliphatic rings. The Morgan fingerprint density at radius 3 is 2.38 bits per heavy atom. The average Bonchev–Trinajstić information content (AvgIpc) is 2.49. The van der Waals surface area contributed by atoms with Crippen LogP contribution >= 0.6 is 0 Å². The molecule has 1 saturated carbocycles. The molecule has 1 fully saturated rings. The molecule has 1 N–H and O–H groups in total. The van der Waals surface area contributed by atoms with Gasteiger partial charge in [-0.15, -0.1) is 0 Å². The lowest BCUT2D eigenvalue weighted by Gasteiger charge is -2.33. The minimum absolute atomic E-state index is 0.111. The van der Waals surface area contributed by atoms with Crippen LogP contribution in [0.25, 0.3) is 0 Å². The van der Waals surface area contributed by atoms with E-state index in [4.69, 9.17) is 0 Å². The number of rotatable bonds is 5. The molecule has 3 heteroatoms. The predicted molar refractivity (Wildman–Crippen MR) is 88.7 cm³/mol. The fourth-order valence-electron chi connectivity index (χ4n) is 3.32. The van der Waals surface area contributed by atoms with Crippen LogP contribution in [-0.4, -0.2) is 29.9 Å². The molecule has 3 nitrogen and oxygen atoms in total. The Morgan fingerprint density at radius 2 is 1.81 bits per heavy atom. The van der Waals surface area contributed by atoms with E-state index in [-0.39, 0.29) is 5.91 Å². The molecule has 21 heavy (non-hydrogen) atoms. The zero-order valence-electron chi connectivity index (χ0n) is 13.6. The largest absolute Gasteiger partial charge is 0.324 e. The van der Waals surface area contributed by atoms with Gasteiger partial charge < -0.3 is 5.32 Å². The number of aryl methyl sites for hydroxylation is 2. The molecule has 1 amide bonds. The number of para-hydroxylation sites is 1. The molecule has 116 valence electrons. The summed E-state index contributed by atoms with van der Waals surface area (Å²) >= 11 is 0. The van der Waals surface area contributed by atoms with Crippen LogP contribution in [-0.2, 0) is 4.79 Å². The minimum atomic E-state index is 0.111. The molecular formula is C18H28N2O. The van der Waals surface area contributed by atoms with Crippen molar-refractivity contribution in [2.45, 2.75) is 58.9 Å². The highest BCUT2D eigenvalue weighted by Crippen LogP contribution is 2.23. The van der Waals surface area contributed by atoms with Crippen LogP contribution in [0.5, 0.6) is 0 Å². The Morgan fingerprint density at radius 1 is 1.19 bits per heavy atom. The first-order valence-electron chi connectivity index (χ1n) is 8.22. The van der Waals surface area contributed by atoms with Crippen LogP contribution in [0, 0.1) is 13.8 Å². The van der Waals surface area contributed by atoms with Crippen molar-refractivity contribution in [3.63, 3.8) is 0 Å². The van der Waals surface area contributed by atoms with E-state index in [2.05, 4.69) is 17.1 Å². The van der Waals surface area contributed by atoms with Gasteiger partial charge in [0.1, 0.15) is 0 Å². The third-order valence-electron chi connectivity index (χ3n) is 4.59. The van der Waals surface area contributed by atoms with Gasteiger partial charge in [-0.25, -0.2) is 0 Å². The number of carbonyl (C=O) groups excluding carboxylic acids is 1. The van der Waals surface area contributed by atoms with Crippen molar-refractivity contribution in [2.24, 2.45) is 0 Å². The van der Waals surface area contributed by atoms with Gasteiger partial charge in [0, 0.05) is 11.7 Å². The van der Waals surface area contributed by atoms with Crippen LogP contribution in [0.2, 0.25) is 0 Å². The van der Waals surface area contributed by atoms with E-state index in [1.807, 2.05) is 32.0 Å². The summed E-state index contributed by atoms with van der Waals surface area (Å²) in [6.07, 6.45) is 6.44. The van der Waals surface area contributed by atoms with Crippen molar-refractivity contribution < 1.29 is 4.79 Å². The SMILES string of the molecule is CCN(CC(=O)Nc1c(C)cccc1C)C1CCCCC1. The number of benzene rings is 1. The molecule has 0 unspecified atom stereocenters. The van der Waals surface area contributed by atoms with Crippen LogP contribution in [0.3, 0.4) is 0 Å². The number of amides is 1. The van der Waals surface area contributed by atoms with E-state index in [1.54, 1.807) is 0 Å². The van der Waals surface area contributed by atoms with Gasteiger partial charge in [-0.3, -0.25) is 9.69 Å². The number of hydrogen-bond acceptors (Lipinski definition) is 2. The van der Waals surface area contributed by atoms with Gasteiger partial charge in [0.15, 0.2) is 0 Å². The monoisotopic (exact) mass is 288 g/mol. The van der Waals surface area contributed by atoms with Crippen molar-refractivity contribution in [1.82, 2.24) is 4.90 Å². The van der Waals surface area contributed by atoms with E-state index >= 15 is 0 Å². The molecule has 0 heterocycles. The van der Waals surface area contributed by atoms with Crippen molar-refractivity contribution in [2.75, 3.05) is 18.4 Å². The highest BCUT2D eigenvalue weighted by molar-refractivity contribution is 5.93. The van der Waals surface area contributed by atoms with Gasteiger partial charge in [0.05, 0.1) is 6.54 Å². The fourth-order valence-corrected chi connectivity index (χ4v) is 3.32. The molecule has 1 aliphatic carbocycles. The van der Waals surface area contributed by atoms with E-state index < -0.39 is 0 Å². The standard InChI is InChI=1S/C18H28N2O/c1-4-20(16-11-6-5-7-12-16)13-17(21)19-18-14(2)9-8-10-15(18)3/h8-10,16H,4-7,11-13H2,1-3H3,(H,19,21). The van der Waals surface area contributed by atoms with Gasteiger partial charge in [-0.05, 0) is 44.4 Å². The van der Waals surface area contributed by atoms with Crippen LogP contribution < -0.4 is 5.32 Å². The second-order valence-corrected chi connectivity index (χ2v) is 6.17. The summed E-state index contributed by atoms with van der Waals surface area (Å²) in [6.45, 7) is 7.70. The van der Waals surface area contributed by atoms with Crippen molar-refractivity contribution in [3.8, 4) is 0 Å². The van der Waals surface area contributed by atoms with E-state index in [1.165, 1.54) is 32.1 Å². The molecule has 1 aromatic rings. The number of carbonyl (C=O) groups is 1. The average molecular weight is 288 g/mol.